The highest BCUT2D eigenvalue weighted by molar-refractivity contribution is 5.95. The summed E-state index contributed by atoms with van der Waals surface area (Å²) in [6.07, 6.45) is 3.25. The predicted octanol–water partition coefficient (Wildman–Crippen LogP) is 4.99. The van der Waals surface area contributed by atoms with Gasteiger partial charge >= 0.3 is 0 Å². The first-order chi connectivity index (χ1) is 15.7. The van der Waals surface area contributed by atoms with Gasteiger partial charge in [0, 0.05) is 5.56 Å². The molecular formula is C26H26N2O4. The molecule has 3 rings (SSSR count). The number of hydrogen-bond acceptors (Lipinski definition) is 5. The molecule has 0 unspecified atom stereocenters. The fourth-order valence-corrected chi connectivity index (χ4v) is 2.81. The Balaban J connectivity index is 1.61. The van der Waals surface area contributed by atoms with Crippen LogP contribution >= 0.6 is 0 Å². The molecule has 0 aliphatic carbocycles. The third kappa shape index (κ3) is 6.74. The highest BCUT2D eigenvalue weighted by Crippen LogP contribution is 2.29. The molecule has 3 aromatic carbocycles. The van der Waals surface area contributed by atoms with Crippen LogP contribution in [0.2, 0.25) is 0 Å². The van der Waals surface area contributed by atoms with Crippen molar-refractivity contribution < 1.29 is 19.0 Å². The average molecular weight is 431 g/mol. The zero-order valence-corrected chi connectivity index (χ0v) is 18.0. The summed E-state index contributed by atoms with van der Waals surface area (Å²) in [5, 5.41) is 4.03. The minimum atomic E-state index is -0.345. The molecule has 32 heavy (non-hydrogen) atoms. The van der Waals surface area contributed by atoms with Crippen molar-refractivity contribution in [1.82, 2.24) is 5.43 Å². The van der Waals surface area contributed by atoms with E-state index in [-0.39, 0.29) is 5.91 Å². The Hall–Kier alpha value is -4.06. The third-order valence-corrected chi connectivity index (χ3v) is 4.37. The van der Waals surface area contributed by atoms with Crippen LogP contribution in [0.15, 0.2) is 90.6 Å². The molecule has 1 amide bonds. The van der Waals surface area contributed by atoms with E-state index in [2.05, 4.69) is 17.1 Å². The average Bonchev–Trinajstić information content (AvgIpc) is 2.83. The van der Waals surface area contributed by atoms with E-state index >= 15 is 0 Å². The van der Waals surface area contributed by atoms with Crippen LogP contribution in [-0.4, -0.2) is 25.3 Å². The number of carbonyl (C=O) groups excluding carboxylic acids is 1. The molecule has 0 aliphatic rings. The van der Waals surface area contributed by atoms with Crippen LogP contribution in [-0.2, 0) is 6.61 Å². The van der Waals surface area contributed by atoms with E-state index in [0.717, 1.165) is 16.9 Å². The Morgan fingerprint density at radius 2 is 1.75 bits per heavy atom. The van der Waals surface area contributed by atoms with Gasteiger partial charge in [-0.1, -0.05) is 43.0 Å². The Kier molecular flexibility index (Phi) is 8.45. The molecule has 0 saturated carbocycles. The van der Waals surface area contributed by atoms with Crippen LogP contribution in [0.4, 0.5) is 0 Å². The lowest BCUT2D eigenvalue weighted by atomic mass is 10.2. The minimum Gasteiger partial charge on any atom is -0.490 e. The summed E-state index contributed by atoms with van der Waals surface area (Å²) in [7, 11) is 0. The highest BCUT2D eigenvalue weighted by Gasteiger charge is 2.11. The van der Waals surface area contributed by atoms with Gasteiger partial charge in [0.1, 0.15) is 19.0 Å². The molecule has 1 N–H and O–H groups in total. The van der Waals surface area contributed by atoms with Gasteiger partial charge in [0.05, 0.1) is 12.8 Å². The van der Waals surface area contributed by atoms with E-state index in [1.165, 1.54) is 0 Å². The van der Waals surface area contributed by atoms with Crippen molar-refractivity contribution in [3.63, 3.8) is 0 Å². The summed E-state index contributed by atoms with van der Waals surface area (Å²) in [5.74, 6) is 1.48. The van der Waals surface area contributed by atoms with Crippen molar-refractivity contribution in [1.29, 1.82) is 0 Å². The Morgan fingerprint density at radius 3 is 2.47 bits per heavy atom. The van der Waals surface area contributed by atoms with Crippen molar-refractivity contribution in [2.45, 2.75) is 13.5 Å². The topological polar surface area (TPSA) is 69.2 Å². The number of nitrogens with zero attached hydrogens (tertiary/aromatic N) is 1. The molecule has 3 aromatic rings. The van der Waals surface area contributed by atoms with Crippen LogP contribution in [0.3, 0.4) is 0 Å². The monoisotopic (exact) mass is 430 g/mol. The Bertz CT molecular complexity index is 1050. The zero-order valence-electron chi connectivity index (χ0n) is 18.0. The van der Waals surface area contributed by atoms with E-state index in [4.69, 9.17) is 14.2 Å². The first kappa shape index (κ1) is 22.6. The van der Waals surface area contributed by atoms with Gasteiger partial charge in [0.15, 0.2) is 11.5 Å². The number of nitrogens with one attached hydrogen (secondary N) is 1. The van der Waals surface area contributed by atoms with Gasteiger partial charge in [-0.3, -0.25) is 4.79 Å². The van der Waals surface area contributed by atoms with Crippen LogP contribution in [0.5, 0.6) is 17.2 Å². The molecule has 0 radical (unpaired) electrons. The summed E-state index contributed by atoms with van der Waals surface area (Å²) in [5.41, 5.74) is 4.83. The van der Waals surface area contributed by atoms with Crippen LogP contribution in [0.25, 0.3) is 0 Å². The maximum Gasteiger partial charge on any atom is 0.271 e. The SMILES string of the molecule is C=CCOc1ccc(/C=N/NC(=O)c2ccc(OCc3ccccc3)c(OCC)c2)cc1. The van der Waals surface area contributed by atoms with E-state index in [1.807, 2.05) is 61.5 Å². The van der Waals surface area contributed by atoms with E-state index < -0.39 is 0 Å². The summed E-state index contributed by atoms with van der Waals surface area (Å²) >= 11 is 0. The lowest BCUT2D eigenvalue weighted by Crippen LogP contribution is -2.17. The van der Waals surface area contributed by atoms with Crippen molar-refractivity contribution in [2.75, 3.05) is 13.2 Å². The van der Waals surface area contributed by atoms with Gasteiger partial charge in [0.2, 0.25) is 0 Å². The van der Waals surface area contributed by atoms with E-state index in [1.54, 1.807) is 30.5 Å². The van der Waals surface area contributed by atoms with Crippen LogP contribution < -0.4 is 19.6 Å². The maximum atomic E-state index is 12.5. The zero-order chi connectivity index (χ0) is 22.6. The Morgan fingerprint density at radius 1 is 0.969 bits per heavy atom. The lowest BCUT2D eigenvalue weighted by molar-refractivity contribution is 0.0954. The highest BCUT2D eigenvalue weighted by atomic mass is 16.5. The summed E-state index contributed by atoms with van der Waals surface area (Å²) in [6, 6.07) is 22.3. The third-order valence-electron chi connectivity index (χ3n) is 4.37. The summed E-state index contributed by atoms with van der Waals surface area (Å²) < 4.78 is 17.0. The van der Waals surface area contributed by atoms with Gasteiger partial charge in [-0.25, -0.2) is 5.43 Å². The minimum absolute atomic E-state index is 0.345. The molecule has 0 saturated heterocycles. The van der Waals surface area contributed by atoms with Gasteiger partial charge in [-0.15, -0.1) is 0 Å². The predicted molar refractivity (Wildman–Crippen MR) is 126 cm³/mol. The first-order valence-corrected chi connectivity index (χ1v) is 10.3. The number of ether oxygens (including phenoxy) is 3. The number of carbonyl (C=O) groups is 1. The van der Waals surface area contributed by atoms with Crippen LogP contribution in [0, 0.1) is 0 Å². The molecule has 0 aliphatic heterocycles. The fraction of sp³-hybridized carbons (Fsp3) is 0.154. The molecule has 0 aromatic heterocycles. The van der Waals surface area contributed by atoms with Crippen molar-refractivity contribution >= 4 is 12.1 Å². The van der Waals surface area contributed by atoms with E-state index in [0.29, 0.717) is 36.9 Å². The van der Waals surface area contributed by atoms with Gasteiger partial charge in [-0.2, -0.15) is 5.10 Å². The molecular weight excluding hydrogens is 404 g/mol. The summed E-state index contributed by atoms with van der Waals surface area (Å²) in [4.78, 5) is 12.5. The number of hydrazone groups is 1. The second-order valence-corrected chi connectivity index (χ2v) is 6.74. The largest absolute Gasteiger partial charge is 0.490 e. The molecule has 6 heteroatoms. The van der Waals surface area contributed by atoms with Crippen molar-refractivity contribution in [3.05, 3.63) is 102 Å². The molecule has 0 spiro atoms. The smallest absolute Gasteiger partial charge is 0.271 e. The standard InChI is InChI=1S/C26H26N2O4/c1-3-16-31-23-13-10-20(11-14-23)18-27-28-26(29)22-12-15-24(25(17-22)30-4-2)32-19-21-8-6-5-7-9-21/h3,5-15,17-18H,1,4,16,19H2,2H3,(H,28,29)/b27-18+. The normalized spacial score (nSPS) is 10.5. The van der Waals surface area contributed by atoms with Gasteiger partial charge in [0.25, 0.3) is 5.91 Å². The molecule has 6 nitrogen and oxygen atoms in total. The number of rotatable bonds is 11. The van der Waals surface area contributed by atoms with E-state index in [9.17, 15) is 4.79 Å². The van der Waals surface area contributed by atoms with Crippen LogP contribution in [0.1, 0.15) is 28.4 Å². The first-order valence-electron chi connectivity index (χ1n) is 10.3. The van der Waals surface area contributed by atoms with Crippen molar-refractivity contribution in [2.24, 2.45) is 5.10 Å². The molecule has 164 valence electrons. The van der Waals surface area contributed by atoms with Gasteiger partial charge in [-0.05, 0) is 60.5 Å². The second-order valence-electron chi connectivity index (χ2n) is 6.74. The molecule has 0 atom stereocenters. The second kappa shape index (κ2) is 12.0. The fourth-order valence-electron chi connectivity index (χ4n) is 2.81. The lowest BCUT2D eigenvalue weighted by Gasteiger charge is -2.13. The summed E-state index contributed by atoms with van der Waals surface area (Å²) in [6.45, 7) is 6.81. The molecule has 0 fully saturated rings. The molecule has 0 bridgehead atoms. The number of benzene rings is 3. The molecule has 0 heterocycles. The number of hydrogen-bond donors (Lipinski definition) is 1. The van der Waals surface area contributed by atoms with Crippen molar-refractivity contribution in [3.8, 4) is 17.2 Å². The maximum absolute atomic E-state index is 12.5. The Labute approximate surface area is 188 Å². The quantitative estimate of drug-likeness (QED) is 0.264. The number of amides is 1. The van der Waals surface area contributed by atoms with Gasteiger partial charge < -0.3 is 14.2 Å².